The summed E-state index contributed by atoms with van der Waals surface area (Å²) in [6, 6.07) is 6.57. The zero-order chi connectivity index (χ0) is 9.26. The van der Waals surface area contributed by atoms with Crippen molar-refractivity contribution in [3.63, 3.8) is 0 Å². The van der Waals surface area contributed by atoms with Crippen LogP contribution in [-0.2, 0) is 0 Å². The maximum absolute atomic E-state index is 12.8. The van der Waals surface area contributed by atoms with E-state index in [0.29, 0.717) is 0 Å². The van der Waals surface area contributed by atoms with E-state index in [1.54, 1.807) is 12.3 Å². The molecule has 0 bridgehead atoms. The first-order valence-electron chi connectivity index (χ1n) is 4.03. The van der Waals surface area contributed by atoms with Gasteiger partial charge in [-0.25, -0.2) is 4.39 Å². The van der Waals surface area contributed by atoms with Crippen LogP contribution in [0.25, 0.3) is 11.3 Å². The van der Waals surface area contributed by atoms with Crippen LogP contribution in [0.15, 0.2) is 30.5 Å². The van der Waals surface area contributed by atoms with Crippen LogP contribution in [0.2, 0.25) is 0 Å². The fraction of sp³-hybridized carbons (Fsp3) is 0.100. The molecule has 0 aliphatic heterocycles. The van der Waals surface area contributed by atoms with Crippen molar-refractivity contribution in [1.29, 1.82) is 0 Å². The minimum Gasteiger partial charge on any atom is -0.278 e. The Balaban J connectivity index is 0.000000980. The third-order valence-corrected chi connectivity index (χ3v) is 1.98. The van der Waals surface area contributed by atoms with Crippen molar-refractivity contribution in [2.24, 2.45) is 0 Å². The Hall–Kier alpha value is -1.35. The fourth-order valence-corrected chi connectivity index (χ4v) is 1.34. The molecule has 1 aromatic heterocycles. The molecule has 0 unspecified atom stereocenters. The second-order valence-corrected chi connectivity index (χ2v) is 2.93. The number of nitrogens with zero attached hydrogens (tertiary/aromatic N) is 1. The van der Waals surface area contributed by atoms with Crippen molar-refractivity contribution in [3.05, 3.63) is 41.8 Å². The molecular weight excluding hydrogens is 203 g/mol. The summed E-state index contributed by atoms with van der Waals surface area (Å²) in [6.45, 7) is 1.87. The van der Waals surface area contributed by atoms with Crippen molar-refractivity contribution in [2.75, 3.05) is 0 Å². The number of hydrogen-bond acceptors (Lipinski definition) is 1. The van der Waals surface area contributed by atoms with Gasteiger partial charge in [0, 0.05) is 11.8 Å². The Bertz CT molecular complexity index is 412. The zero-order valence-corrected chi connectivity index (χ0v) is 8.44. The van der Waals surface area contributed by atoms with Gasteiger partial charge in [-0.15, -0.1) is 12.4 Å². The molecule has 0 atom stereocenters. The van der Waals surface area contributed by atoms with Gasteiger partial charge in [-0.1, -0.05) is 0 Å². The maximum atomic E-state index is 12.8. The summed E-state index contributed by atoms with van der Waals surface area (Å²) in [6.07, 6.45) is 1.68. The molecule has 1 aromatic carbocycles. The predicted octanol–water partition coefficient (Wildman–Crippen LogP) is 2.95. The number of aromatic amines is 1. The molecule has 0 amide bonds. The van der Waals surface area contributed by atoms with Crippen LogP contribution < -0.4 is 0 Å². The standard InChI is InChI=1S/C10H9FN2.ClH/c1-7-6-8(11)2-3-9(7)10-4-5-12-13-10;/h2-6H,1H3,(H,12,13);1H. The topological polar surface area (TPSA) is 28.7 Å². The highest BCUT2D eigenvalue weighted by atomic mass is 35.5. The van der Waals surface area contributed by atoms with E-state index in [4.69, 9.17) is 0 Å². The lowest BCUT2D eigenvalue weighted by Gasteiger charge is -2.01. The summed E-state index contributed by atoms with van der Waals surface area (Å²) < 4.78 is 12.8. The average Bonchev–Trinajstić information content (AvgIpc) is 2.56. The molecule has 0 fully saturated rings. The first kappa shape index (κ1) is 10.7. The van der Waals surface area contributed by atoms with Crippen molar-refractivity contribution in [1.82, 2.24) is 10.2 Å². The predicted molar refractivity (Wildman–Crippen MR) is 56.0 cm³/mol. The Morgan fingerprint density at radius 3 is 2.64 bits per heavy atom. The highest BCUT2D eigenvalue weighted by Gasteiger charge is 2.02. The Labute approximate surface area is 87.6 Å². The number of hydrogen-bond donors (Lipinski definition) is 1. The van der Waals surface area contributed by atoms with Gasteiger partial charge in [-0.3, -0.25) is 5.10 Å². The molecule has 1 heterocycles. The summed E-state index contributed by atoms with van der Waals surface area (Å²) in [4.78, 5) is 0. The minimum absolute atomic E-state index is 0. The van der Waals surface area contributed by atoms with Gasteiger partial charge in [0.1, 0.15) is 5.82 Å². The second-order valence-electron chi connectivity index (χ2n) is 2.93. The molecule has 0 aliphatic carbocycles. The monoisotopic (exact) mass is 212 g/mol. The molecule has 4 heteroatoms. The average molecular weight is 213 g/mol. The van der Waals surface area contributed by atoms with Gasteiger partial charge in [-0.05, 0) is 36.8 Å². The van der Waals surface area contributed by atoms with E-state index < -0.39 is 0 Å². The fourth-order valence-electron chi connectivity index (χ4n) is 1.34. The molecule has 0 saturated carbocycles. The quantitative estimate of drug-likeness (QED) is 0.774. The highest BCUT2D eigenvalue weighted by molar-refractivity contribution is 5.85. The summed E-state index contributed by atoms with van der Waals surface area (Å²) in [5, 5.41) is 6.68. The number of aromatic nitrogens is 2. The third kappa shape index (κ3) is 1.93. The van der Waals surface area contributed by atoms with Crippen LogP contribution in [-0.4, -0.2) is 10.2 Å². The molecule has 0 saturated heterocycles. The maximum Gasteiger partial charge on any atom is 0.123 e. The van der Waals surface area contributed by atoms with Crippen LogP contribution in [0, 0.1) is 12.7 Å². The summed E-state index contributed by atoms with van der Waals surface area (Å²) in [5.41, 5.74) is 2.81. The molecule has 74 valence electrons. The van der Waals surface area contributed by atoms with Gasteiger partial charge >= 0.3 is 0 Å². The first-order valence-corrected chi connectivity index (χ1v) is 4.03. The van der Waals surface area contributed by atoms with E-state index in [1.165, 1.54) is 12.1 Å². The van der Waals surface area contributed by atoms with Gasteiger partial charge in [-0.2, -0.15) is 5.10 Å². The van der Waals surface area contributed by atoms with E-state index in [2.05, 4.69) is 10.2 Å². The summed E-state index contributed by atoms with van der Waals surface area (Å²) in [7, 11) is 0. The third-order valence-electron chi connectivity index (χ3n) is 1.98. The van der Waals surface area contributed by atoms with Crippen molar-refractivity contribution in [2.45, 2.75) is 6.92 Å². The molecule has 1 N–H and O–H groups in total. The van der Waals surface area contributed by atoms with Crippen molar-refractivity contribution in [3.8, 4) is 11.3 Å². The highest BCUT2D eigenvalue weighted by Crippen LogP contribution is 2.21. The van der Waals surface area contributed by atoms with Gasteiger partial charge in [0.2, 0.25) is 0 Å². The number of H-pyrrole nitrogens is 1. The summed E-state index contributed by atoms with van der Waals surface area (Å²) in [5.74, 6) is -0.208. The molecule has 0 aliphatic rings. The van der Waals surface area contributed by atoms with Crippen LogP contribution in [0.4, 0.5) is 4.39 Å². The number of halogens is 2. The van der Waals surface area contributed by atoms with E-state index >= 15 is 0 Å². The Morgan fingerprint density at radius 1 is 1.29 bits per heavy atom. The normalized spacial score (nSPS) is 9.57. The number of aryl methyl sites for hydroxylation is 1. The zero-order valence-electron chi connectivity index (χ0n) is 7.62. The lowest BCUT2D eigenvalue weighted by atomic mass is 10.1. The lowest BCUT2D eigenvalue weighted by molar-refractivity contribution is 0.627. The van der Waals surface area contributed by atoms with E-state index in [0.717, 1.165) is 16.8 Å². The van der Waals surface area contributed by atoms with E-state index in [1.807, 2.05) is 13.0 Å². The van der Waals surface area contributed by atoms with Crippen LogP contribution in [0.5, 0.6) is 0 Å². The van der Waals surface area contributed by atoms with Crippen LogP contribution in [0.3, 0.4) is 0 Å². The van der Waals surface area contributed by atoms with Crippen LogP contribution >= 0.6 is 12.4 Å². The van der Waals surface area contributed by atoms with Crippen molar-refractivity contribution >= 4 is 12.4 Å². The second kappa shape index (κ2) is 4.24. The SMILES string of the molecule is Cc1cc(F)ccc1-c1ccn[nH]1.Cl. The molecule has 2 nitrogen and oxygen atoms in total. The number of rotatable bonds is 1. The largest absolute Gasteiger partial charge is 0.278 e. The molecule has 0 spiro atoms. The van der Waals surface area contributed by atoms with Gasteiger partial charge in [0.15, 0.2) is 0 Å². The first-order chi connectivity index (χ1) is 6.27. The van der Waals surface area contributed by atoms with Crippen LogP contribution in [0.1, 0.15) is 5.56 Å². The molecule has 2 rings (SSSR count). The molecule has 14 heavy (non-hydrogen) atoms. The smallest absolute Gasteiger partial charge is 0.123 e. The molecular formula is C10H10ClFN2. The minimum atomic E-state index is -0.208. The van der Waals surface area contributed by atoms with Gasteiger partial charge in [0.25, 0.3) is 0 Å². The Morgan fingerprint density at radius 2 is 2.07 bits per heavy atom. The molecule has 0 radical (unpaired) electrons. The van der Waals surface area contributed by atoms with Crippen molar-refractivity contribution < 1.29 is 4.39 Å². The summed E-state index contributed by atoms with van der Waals surface area (Å²) >= 11 is 0. The van der Waals surface area contributed by atoms with E-state index in [-0.39, 0.29) is 18.2 Å². The number of benzene rings is 1. The Kier molecular flexibility index (Phi) is 3.25. The lowest BCUT2D eigenvalue weighted by Crippen LogP contribution is -1.85. The molecule has 2 aromatic rings. The van der Waals surface area contributed by atoms with Gasteiger partial charge < -0.3 is 0 Å². The van der Waals surface area contributed by atoms with E-state index in [9.17, 15) is 4.39 Å². The number of nitrogens with one attached hydrogen (secondary N) is 1. The van der Waals surface area contributed by atoms with Gasteiger partial charge in [0.05, 0.1) is 5.69 Å².